The molecule has 0 bridgehead atoms. The predicted molar refractivity (Wildman–Crippen MR) is 337 cm³/mol. The largest absolute Gasteiger partial charge is 0.507 e. The quantitative estimate of drug-likeness (QED) is 0.0502. The minimum atomic E-state index is -1.60. The number of phenols is 3. The van der Waals surface area contributed by atoms with E-state index >= 15 is 0 Å². The molecule has 0 spiro atoms. The van der Waals surface area contributed by atoms with Crippen molar-refractivity contribution in [3.63, 3.8) is 0 Å². The molecule has 472 valence electrons. The Morgan fingerprint density at radius 2 is 0.565 bits per heavy atom. The standard InChI is InChI=1S/C72H105FO12/c1-44(2)49-32-45(39-56(64(49)85-73)71(21,22)23)24-28-57(74)81-40-72(41-82-58(75)29-25-46-33-50(65(3,4)5)61(78)51(34-46)66(6,7)8,42-83-59(76)30-26-47-35-52(67(9,10)11)62(79)53(36-47)68(12,13)14)43-84-60(77)31-27-48-37-54(69(15,16)17)63(80)55(38-48)70(18,19)20/h32-39,44,78-80H,24-31,40-43H2,1-23H3. The number of rotatable bonds is 22. The Morgan fingerprint density at radius 1 is 0.365 bits per heavy atom. The molecule has 0 heterocycles. The molecule has 0 fully saturated rings. The van der Waals surface area contributed by atoms with Gasteiger partial charge in [0.1, 0.15) is 49.1 Å². The summed E-state index contributed by atoms with van der Waals surface area (Å²) < 4.78 is 38.5. The van der Waals surface area contributed by atoms with Crippen LogP contribution >= 0.6 is 0 Å². The van der Waals surface area contributed by atoms with Crippen LogP contribution in [0.5, 0.6) is 23.0 Å². The molecule has 3 N–H and O–H groups in total. The van der Waals surface area contributed by atoms with Crippen molar-refractivity contribution in [2.24, 2.45) is 5.41 Å². The van der Waals surface area contributed by atoms with Crippen LogP contribution in [0.3, 0.4) is 0 Å². The number of esters is 4. The molecular formula is C72H105FO12. The van der Waals surface area contributed by atoms with Gasteiger partial charge in [0.2, 0.25) is 0 Å². The SMILES string of the molecule is CC(C)c1cc(CCC(=O)OCC(COC(=O)CCc2cc(C(C)(C)C)c(O)c(C(C)(C)C)c2)(COC(=O)CCc2cc(C(C)(C)C)c(O)c(C(C)(C)C)c2)COC(=O)CCc2cc(C(C)(C)C)c(O)c(C(C)(C)C)c2)cc(C(C)(C)C)c1OF. The summed E-state index contributed by atoms with van der Waals surface area (Å²) in [6, 6.07) is 15.1. The van der Waals surface area contributed by atoms with Gasteiger partial charge in [-0.25, -0.2) is 0 Å². The Balaban J connectivity index is 1.76. The summed E-state index contributed by atoms with van der Waals surface area (Å²) in [6.45, 7) is 44.1. The highest BCUT2D eigenvalue weighted by Crippen LogP contribution is 2.44. The number of aromatic hydroxyl groups is 3. The highest BCUT2D eigenvalue weighted by molar-refractivity contribution is 5.72. The zero-order valence-corrected chi connectivity index (χ0v) is 56.1. The molecule has 0 aromatic heterocycles. The van der Waals surface area contributed by atoms with Crippen LogP contribution in [-0.2, 0) is 102 Å². The van der Waals surface area contributed by atoms with Gasteiger partial charge >= 0.3 is 23.9 Å². The normalized spacial score (nSPS) is 13.0. The maximum atomic E-state index is 14.2. The van der Waals surface area contributed by atoms with E-state index in [0.717, 1.165) is 55.6 Å². The highest BCUT2D eigenvalue weighted by Gasteiger charge is 2.39. The van der Waals surface area contributed by atoms with Crippen molar-refractivity contribution in [2.45, 2.75) is 254 Å². The molecule has 0 aliphatic heterocycles. The van der Waals surface area contributed by atoms with Crippen LogP contribution in [0.4, 0.5) is 4.53 Å². The number of hydrogen-bond donors (Lipinski definition) is 3. The molecule has 0 saturated carbocycles. The first-order valence-corrected chi connectivity index (χ1v) is 30.4. The first kappa shape index (κ1) is 71.4. The van der Waals surface area contributed by atoms with Crippen molar-refractivity contribution in [3.8, 4) is 23.0 Å². The van der Waals surface area contributed by atoms with Gasteiger partial charge in [0, 0.05) is 41.3 Å². The lowest BCUT2D eigenvalue weighted by atomic mass is 9.78. The molecule has 0 aliphatic carbocycles. The number of benzene rings is 4. The highest BCUT2D eigenvalue weighted by atomic mass is 19.3. The summed E-state index contributed by atoms with van der Waals surface area (Å²) >= 11 is 0. The monoisotopic (exact) mass is 1180 g/mol. The third kappa shape index (κ3) is 20.0. The average Bonchev–Trinajstić information content (AvgIpc) is 1.14. The van der Waals surface area contributed by atoms with Crippen LogP contribution in [0.1, 0.15) is 258 Å². The third-order valence-electron chi connectivity index (χ3n) is 15.7. The summed E-state index contributed by atoms with van der Waals surface area (Å²) in [5.41, 5.74) is 4.50. The zero-order valence-electron chi connectivity index (χ0n) is 56.1. The second-order valence-corrected chi connectivity index (χ2v) is 31.3. The van der Waals surface area contributed by atoms with Crippen molar-refractivity contribution < 1.29 is 62.9 Å². The number of carbonyl (C=O) groups is 4. The van der Waals surface area contributed by atoms with Gasteiger partial charge in [0.15, 0.2) is 5.75 Å². The van der Waals surface area contributed by atoms with Gasteiger partial charge in [-0.15, -0.1) is 0 Å². The zero-order chi connectivity index (χ0) is 64.8. The first-order valence-electron chi connectivity index (χ1n) is 30.4. The van der Waals surface area contributed by atoms with Gasteiger partial charge in [0.25, 0.3) is 0 Å². The van der Waals surface area contributed by atoms with Crippen LogP contribution in [0.25, 0.3) is 0 Å². The first-order chi connectivity index (χ1) is 38.7. The molecule has 0 radical (unpaired) electrons. The number of halogens is 1. The fraction of sp³-hybridized carbons (Fsp3) is 0.611. The molecule has 12 nitrogen and oxygen atoms in total. The number of carbonyl (C=O) groups excluding carboxylic acids is 4. The van der Waals surface area contributed by atoms with Crippen LogP contribution in [-0.4, -0.2) is 65.6 Å². The Labute approximate surface area is 509 Å². The Kier molecular flexibility index (Phi) is 22.9. The minimum absolute atomic E-state index is 0.0754. The third-order valence-corrected chi connectivity index (χ3v) is 15.7. The molecule has 13 heteroatoms. The molecule has 85 heavy (non-hydrogen) atoms. The average molecular weight is 1180 g/mol. The van der Waals surface area contributed by atoms with Gasteiger partial charge < -0.3 is 34.3 Å². The van der Waals surface area contributed by atoms with Crippen LogP contribution < -0.4 is 4.94 Å². The van der Waals surface area contributed by atoms with E-state index in [4.69, 9.17) is 18.9 Å². The fourth-order valence-corrected chi connectivity index (χ4v) is 10.3. The lowest BCUT2D eigenvalue weighted by Gasteiger charge is -2.32. The Bertz CT molecular complexity index is 2650. The van der Waals surface area contributed by atoms with Crippen LogP contribution in [0, 0.1) is 5.41 Å². The van der Waals surface area contributed by atoms with Crippen LogP contribution in [0.15, 0.2) is 48.5 Å². The van der Waals surface area contributed by atoms with Gasteiger partial charge in [-0.3, -0.25) is 24.1 Å². The van der Waals surface area contributed by atoms with E-state index in [9.17, 15) is 39.0 Å². The second-order valence-electron chi connectivity index (χ2n) is 31.3. The molecule has 4 aromatic carbocycles. The summed E-state index contributed by atoms with van der Waals surface area (Å²) in [6.07, 6.45) is 0.688. The molecule has 0 saturated heterocycles. The number of ether oxygens (including phenoxy) is 4. The molecule has 0 unspecified atom stereocenters. The number of phenolic OH excluding ortho intramolecular Hbond substituents is 3. The minimum Gasteiger partial charge on any atom is -0.507 e. The lowest BCUT2D eigenvalue weighted by molar-refractivity contribution is -0.170. The van der Waals surface area contributed by atoms with E-state index in [0.29, 0.717) is 11.1 Å². The summed E-state index contributed by atoms with van der Waals surface area (Å²) in [7, 11) is 0. The van der Waals surface area contributed by atoms with Gasteiger partial charge in [-0.05, 0) is 125 Å². The van der Waals surface area contributed by atoms with Crippen molar-refractivity contribution >= 4 is 23.9 Å². The molecule has 0 atom stereocenters. The van der Waals surface area contributed by atoms with Gasteiger partial charge in [-0.1, -0.05) is 208 Å². The van der Waals surface area contributed by atoms with E-state index in [1.54, 1.807) is 0 Å². The number of hydrogen-bond acceptors (Lipinski definition) is 12. The Morgan fingerprint density at radius 3 is 0.753 bits per heavy atom. The predicted octanol–water partition coefficient (Wildman–Crippen LogP) is 16.3. The topological polar surface area (TPSA) is 175 Å². The van der Waals surface area contributed by atoms with Crippen molar-refractivity contribution in [3.05, 3.63) is 115 Å². The van der Waals surface area contributed by atoms with Gasteiger partial charge in [-0.2, -0.15) is 0 Å². The van der Waals surface area contributed by atoms with E-state index in [2.05, 4.69) is 4.94 Å². The smallest absolute Gasteiger partial charge is 0.306 e. The Hall–Kier alpha value is -6.11. The maximum Gasteiger partial charge on any atom is 0.306 e. The van der Waals surface area contributed by atoms with Crippen molar-refractivity contribution in [2.75, 3.05) is 26.4 Å². The molecule has 0 amide bonds. The lowest BCUT2D eigenvalue weighted by Crippen LogP contribution is -2.44. The molecular weight excluding hydrogens is 1080 g/mol. The fourth-order valence-electron chi connectivity index (χ4n) is 10.3. The maximum absolute atomic E-state index is 14.2. The second kappa shape index (κ2) is 27.3. The summed E-state index contributed by atoms with van der Waals surface area (Å²) in [5, 5.41) is 34.2. The summed E-state index contributed by atoms with van der Waals surface area (Å²) in [5.74, 6) is -1.75. The number of aryl methyl sites for hydroxylation is 4. The summed E-state index contributed by atoms with van der Waals surface area (Å²) in [4.78, 5) is 60.7. The molecule has 4 aromatic rings. The van der Waals surface area contributed by atoms with E-state index in [1.807, 2.05) is 208 Å². The van der Waals surface area contributed by atoms with E-state index < -0.39 is 93.6 Å². The van der Waals surface area contributed by atoms with E-state index in [-0.39, 0.29) is 80.3 Å². The molecule has 4 rings (SSSR count). The molecule has 0 aliphatic rings. The van der Waals surface area contributed by atoms with Gasteiger partial charge in [0.05, 0.1) is 0 Å². The van der Waals surface area contributed by atoms with Crippen molar-refractivity contribution in [1.82, 2.24) is 0 Å². The van der Waals surface area contributed by atoms with E-state index in [1.165, 1.54) is 0 Å². The van der Waals surface area contributed by atoms with Crippen LogP contribution in [0.2, 0.25) is 0 Å². The van der Waals surface area contributed by atoms with Crippen molar-refractivity contribution in [1.29, 1.82) is 0 Å².